The van der Waals surface area contributed by atoms with E-state index in [2.05, 4.69) is 16.0 Å². The lowest BCUT2D eigenvalue weighted by Gasteiger charge is -2.00. The van der Waals surface area contributed by atoms with E-state index >= 15 is 0 Å². The molecule has 0 spiro atoms. The van der Waals surface area contributed by atoms with Gasteiger partial charge in [-0.2, -0.15) is 5.26 Å². The van der Waals surface area contributed by atoms with Gasteiger partial charge in [-0.05, 0) is 31.0 Å². The number of carboxylic acids is 1. The maximum Gasteiger partial charge on any atom is 0.373 e. The second-order valence-corrected chi connectivity index (χ2v) is 5.68. The van der Waals surface area contributed by atoms with E-state index in [1.54, 1.807) is 19.1 Å². The standard InChI is InChI=1S/C17H15N3O3/c1-8(2)14-12(7-18)11-6-10(4-5-13(11)20-14)16-19-9(3)15(23-16)17(21)22/h4-6,8,20H,1-3H3,(H,21,22). The Balaban J connectivity index is 2.19. The first-order valence-electron chi connectivity index (χ1n) is 7.19. The average Bonchev–Trinajstić information content (AvgIpc) is 3.06. The number of aromatic amines is 1. The Bertz CT molecular complexity index is 958. The number of nitrogens with zero attached hydrogens (tertiary/aromatic N) is 2. The van der Waals surface area contributed by atoms with Crippen LogP contribution in [0.25, 0.3) is 22.4 Å². The number of oxazole rings is 1. The Morgan fingerprint density at radius 3 is 2.74 bits per heavy atom. The van der Waals surface area contributed by atoms with Crippen LogP contribution in [0.2, 0.25) is 0 Å². The summed E-state index contributed by atoms with van der Waals surface area (Å²) < 4.78 is 5.33. The summed E-state index contributed by atoms with van der Waals surface area (Å²) in [6.07, 6.45) is 0. The van der Waals surface area contributed by atoms with Gasteiger partial charge >= 0.3 is 5.97 Å². The van der Waals surface area contributed by atoms with Crippen molar-refractivity contribution in [2.75, 3.05) is 0 Å². The smallest absolute Gasteiger partial charge is 0.373 e. The molecule has 0 bridgehead atoms. The normalized spacial score (nSPS) is 11.1. The lowest BCUT2D eigenvalue weighted by Crippen LogP contribution is -1.95. The van der Waals surface area contributed by atoms with E-state index in [4.69, 9.17) is 9.52 Å². The SMILES string of the molecule is Cc1nc(-c2ccc3[nH]c(C(C)C)c(C#N)c3c2)oc1C(=O)O. The number of carbonyl (C=O) groups is 1. The molecule has 0 aliphatic rings. The minimum atomic E-state index is -1.15. The fraction of sp³-hybridized carbons (Fsp3) is 0.235. The van der Waals surface area contributed by atoms with Gasteiger partial charge in [-0.25, -0.2) is 9.78 Å². The highest BCUT2D eigenvalue weighted by atomic mass is 16.4. The molecular weight excluding hydrogens is 294 g/mol. The molecule has 0 atom stereocenters. The summed E-state index contributed by atoms with van der Waals surface area (Å²) >= 11 is 0. The summed E-state index contributed by atoms with van der Waals surface area (Å²) in [5.74, 6) is -0.887. The molecule has 0 radical (unpaired) electrons. The number of nitrogens with one attached hydrogen (secondary N) is 1. The van der Waals surface area contributed by atoms with Crippen LogP contribution in [0.4, 0.5) is 0 Å². The van der Waals surface area contributed by atoms with Crippen molar-refractivity contribution in [2.24, 2.45) is 0 Å². The number of nitriles is 1. The number of aryl methyl sites for hydroxylation is 1. The highest BCUT2D eigenvalue weighted by Crippen LogP contribution is 2.31. The molecule has 3 aromatic rings. The van der Waals surface area contributed by atoms with Crippen LogP contribution < -0.4 is 0 Å². The molecule has 2 aromatic heterocycles. The molecule has 0 unspecified atom stereocenters. The Morgan fingerprint density at radius 1 is 1.43 bits per heavy atom. The zero-order valence-corrected chi connectivity index (χ0v) is 13.0. The Kier molecular flexibility index (Phi) is 3.41. The molecule has 0 saturated heterocycles. The van der Waals surface area contributed by atoms with E-state index in [0.29, 0.717) is 16.8 Å². The molecule has 0 fully saturated rings. The maximum atomic E-state index is 11.1. The van der Waals surface area contributed by atoms with E-state index in [1.165, 1.54) is 0 Å². The van der Waals surface area contributed by atoms with E-state index < -0.39 is 5.97 Å². The summed E-state index contributed by atoms with van der Waals surface area (Å²) in [4.78, 5) is 18.5. The molecule has 2 heterocycles. The minimum Gasteiger partial charge on any atom is -0.475 e. The highest BCUT2D eigenvalue weighted by Gasteiger charge is 2.19. The third kappa shape index (κ3) is 2.36. The van der Waals surface area contributed by atoms with E-state index in [-0.39, 0.29) is 17.6 Å². The van der Waals surface area contributed by atoms with E-state index in [0.717, 1.165) is 16.6 Å². The summed E-state index contributed by atoms with van der Waals surface area (Å²) in [6.45, 7) is 5.62. The first-order valence-corrected chi connectivity index (χ1v) is 7.19. The highest BCUT2D eigenvalue weighted by molar-refractivity contribution is 5.91. The summed E-state index contributed by atoms with van der Waals surface area (Å²) in [5.41, 5.74) is 3.30. The summed E-state index contributed by atoms with van der Waals surface area (Å²) in [7, 11) is 0. The van der Waals surface area contributed by atoms with Crippen LogP contribution in [0.15, 0.2) is 22.6 Å². The first kappa shape index (κ1) is 14.9. The van der Waals surface area contributed by atoms with E-state index in [9.17, 15) is 10.1 Å². The molecule has 3 rings (SSSR count). The number of carboxylic acid groups (broad SMARTS) is 1. The number of aromatic carboxylic acids is 1. The van der Waals surface area contributed by atoms with Gasteiger partial charge in [0.1, 0.15) is 6.07 Å². The van der Waals surface area contributed by atoms with Crippen molar-refractivity contribution < 1.29 is 14.3 Å². The number of aromatic nitrogens is 2. The zero-order valence-electron chi connectivity index (χ0n) is 13.0. The van der Waals surface area contributed by atoms with Crippen molar-refractivity contribution in [2.45, 2.75) is 26.7 Å². The Morgan fingerprint density at radius 2 is 2.17 bits per heavy atom. The number of hydrogen-bond acceptors (Lipinski definition) is 4. The van der Waals surface area contributed by atoms with Crippen molar-refractivity contribution in [1.82, 2.24) is 9.97 Å². The number of hydrogen-bond donors (Lipinski definition) is 2. The molecule has 1 aromatic carbocycles. The minimum absolute atomic E-state index is 0.169. The van der Waals surface area contributed by atoms with Crippen LogP contribution in [0.3, 0.4) is 0 Å². The van der Waals surface area contributed by atoms with Gasteiger partial charge in [0.15, 0.2) is 0 Å². The van der Waals surface area contributed by atoms with Crippen molar-refractivity contribution in [3.63, 3.8) is 0 Å². The van der Waals surface area contributed by atoms with Gasteiger partial charge in [-0.15, -0.1) is 0 Å². The van der Waals surface area contributed by atoms with Gasteiger partial charge in [0.25, 0.3) is 0 Å². The molecule has 2 N–H and O–H groups in total. The molecule has 0 saturated carbocycles. The molecule has 0 amide bonds. The average molecular weight is 309 g/mol. The maximum absolute atomic E-state index is 11.1. The first-order chi connectivity index (χ1) is 10.9. The quantitative estimate of drug-likeness (QED) is 0.765. The molecule has 0 aliphatic heterocycles. The van der Waals surface area contributed by atoms with Crippen LogP contribution in [0.5, 0.6) is 0 Å². The van der Waals surface area contributed by atoms with Gasteiger partial charge < -0.3 is 14.5 Å². The fourth-order valence-electron chi connectivity index (χ4n) is 2.62. The molecule has 0 aliphatic carbocycles. The number of rotatable bonds is 3. The lowest BCUT2D eigenvalue weighted by atomic mass is 10.0. The van der Waals surface area contributed by atoms with Gasteiger partial charge in [0.2, 0.25) is 11.7 Å². The molecule has 23 heavy (non-hydrogen) atoms. The lowest BCUT2D eigenvalue weighted by molar-refractivity contribution is 0.0662. The number of fused-ring (bicyclic) bond motifs is 1. The summed E-state index contributed by atoms with van der Waals surface area (Å²) in [5, 5.41) is 19.3. The van der Waals surface area contributed by atoms with Gasteiger partial charge in [-0.1, -0.05) is 13.8 Å². The van der Waals surface area contributed by atoms with Gasteiger partial charge in [-0.3, -0.25) is 0 Å². The molecular formula is C17H15N3O3. The molecule has 6 heteroatoms. The van der Waals surface area contributed by atoms with Crippen LogP contribution in [0, 0.1) is 18.3 Å². The van der Waals surface area contributed by atoms with E-state index in [1.807, 2.05) is 19.9 Å². The second-order valence-electron chi connectivity index (χ2n) is 5.68. The topological polar surface area (TPSA) is 103 Å². The predicted octanol–water partition coefficient (Wildman–Crippen LogP) is 3.82. The zero-order chi connectivity index (χ0) is 16.7. The Labute approximate surface area is 132 Å². The van der Waals surface area contributed by atoms with Crippen LogP contribution in [-0.4, -0.2) is 21.0 Å². The number of benzene rings is 1. The van der Waals surface area contributed by atoms with Crippen LogP contribution in [-0.2, 0) is 0 Å². The largest absolute Gasteiger partial charge is 0.475 e. The van der Waals surface area contributed by atoms with Crippen molar-refractivity contribution in [3.05, 3.63) is 40.9 Å². The summed E-state index contributed by atoms with van der Waals surface area (Å²) in [6, 6.07) is 7.67. The fourth-order valence-corrected chi connectivity index (χ4v) is 2.62. The van der Waals surface area contributed by atoms with Gasteiger partial charge in [0, 0.05) is 22.2 Å². The third-order valence-corrected chi connectivity index (χ3v) is 3.75. The monoisotopic (exact) mass is 309 g/mol. The molecule has 6 nitrogen and oxygen atoms in total. The predicted molar refractivity (Wildman–Crippen MR) is 84.3 cm³/mol. The van der Waals surface area contributed by atoms with Crippen molar-refractivity contribution >= 4 is 16.9 Å². The van der Waals surface area contributed by atoms with Crippen LogP contribution in [0.1, 0.15) is 47.3 Å². The van der Waals surface area contributed by atoms with Gasteiger partial charge in [0.05, 0.1) is 11.3 Å². The second kappa shape index (κ2) is 5.29. The number of H-pyrrole nitrogens is 1. The van der Waals surface area contributed by atoms with Crippen molar-refractivity contribution in [1.29, 1.82) is 5.26 Å². The van der Waals surface area contributed by atoms with Crippen LogP contribution >= 0.6 is 0 Å². The van der Waals surface area contributed by atoms with Crippen molar-refractivity contribution in [3.8, 4) is 17.5 Å². The molecule has 116 valence electrons. The third-order valence-electron chi connectivity index (χ3n) is 3.75. The Hall–Kier alpha value is -3.07.